The molecule has 0 aliphatic carbocycles. The quantitative estimate of drug-likeness (QED) is 0.297. The number of benzene rings is 2. The minimum Gasteiger partial charge on any atom is -0.480 e. The van der Waals surface area contributed by atoms with E-state index in [4.69, 9.17) is 16.2 Å². The number of anilines is 1. The molecule has 1 aliphatic rings. The van der Waals surface area contributed by atoms with Gasteiger partial charge in [-0.3, -0.25) is 14.4 Å². The molecule has 1 heterocycles. The molecule has 1 unspecified atom stereocenters. The fourth-order valence-electron chi connectivity index (χ4n) is 3.38. The maximum atomic E-state index is 13.5. The number of ether oxygens (including phenoxy) is 1. The SMILES string of the molecule is NC(=O)CO[C@@H]1CNc2ccccc2SN1C(C(=O)N[C@@H](CC(N)=O)C(=O)O)c1ccccc1. The number of nitrogens with zero attached hydrogens (tertiary/aromatic N) is 1. The number of carboxylic acids is 1. The number of hydrogen-bond acceptors (Lipinski definition) is 8. The third-order valence-corrected chi connectivity index (χ3v) is 6.11. The van der Waals surface area contributed by atoms with Crippen LogP contribution in [-0.2, 0) is 23.9 Å². The Balaban J connectivity index is 2.01. The van der Waals surface area contributed by atoms with Crippen LogP contribution in [0.4, 0.5) is 5.69 Å². The van der Waals surface area contributed by atoms with E-state index in [1.54, 1.807) is 34.6 Å². The van der Waals surface area contributed by atoms with E-state index < -0.39 is 48.4 Å². The summed E-state index contributed by atoms with van der Waals surface area (Å²) < 4.78 is 7.37. The first-order valence-electron chi connectivity index (χ1n) is 10.3. The highest BCUT2D eigenvalue weighted by atomic mass is 32.2. The molecule has 3 rings (SSSR count). The number of nitrogens with one attached hydrogen (secondary N) is 2. The third kappa shape index (κ3) is 6.47. The lowest BCUT2D eigenvalue weighted by atomic mass is 10.0. The first-order valence-corrected chi connectivity index (χ1v) is 11.1. The molecule has 0 saturated carbocycles. The largest absolute Gasteiger partial charge is 0.480 e. The molecule has 2 aromatic carbocycles. The molecular weight excluding hydrogens is 462 g/mol. The van der Waals surface area contributed by atoms with E-state index in [2.05, 4.69) is 10.6 Å². The summed E-state index contributed by atoms with van der Waals surface area (Å²) in [5.74, 6) is -3.62. The summed E-state index contributed by atoms with van der Waals surface area (Å²) in [6.45, 7) is -0.181. The highest BCUT2D eigenvalue weighted by Crippen LogP contribution is 2.40. The van der Waals surface area contributed by atoms with Crippen LogP contribution in [0.5, 0.6) is 0 Å². The zero-order valence-electron chi connectivity index (χ0n) is 18.0. The Hall–Kier alpha value is -3.61. The van der Waals surface area contributed by atoms with Crippen LogP contribution in [0.25, 0.3) is 0 Å². The van der Waals surface area contributed by atoms with Crippen molar-refractivity contribution in [3.63, 3.8) is 0 Å². The predicted molar refractivity (Wildman–Crippen MR) is 124 cm³/mol. The van der Waals surface area contributed by atoms with Crippen LogP contribution < -0.4 is 22.1 Å². The second-order valence-electron chi connectivity index (χ2n) is 7.44. The molecule has 3 amide bonds. The van der Waals surface area contributed by atoms with E-state index >= 15 is 0 Å². The van der Waals surface area contributed by atoms with Crippen molar-refractivity contribution in [2.45, 2.75) is 29.6 Å². The van der Waals surface area contributed by atoms with Crippen molar-refractivity contribution < 1.29 is 29.0 Å². The standard InChI is InChI=1S/C22H25N5O6S/c23-17(28)10-15(22(31)32)26-21(30)20(13-6-2-1-3-7-13)27-19(33-12-18(24)29)11-25-14-8-4-5-9-16(14)34-27/h1-9,15,19-20,25H,10-12H2,(H2,23,28)(H2,24,29)(H,26,30)(H,31,32)/t15-,19+,20?/m0/s1. The Bertz CT molecular complexity index is 1050. The molecule has 1 aliphatic heterocycles. The van der Waals surface area contributed by atoms with Crippen molar-refractivity contribution in [3.8, 4) is 0 Å². The molecule has 0 bridgehead atoms. The van der Waals surface area contributed by atoms with Gasteiger partial charge in [0.25, 0.3) is 0 Å². The van der Waals surface area contributed by atoms with E-state index in [-0.39, 0.29) is 13.2 Å². The minimum atomic E-state index is -1.51. The minimum absolute atomic E-state index is 0.206. The first kappa shape index (κ1) is 25.0. The number of rotatable bonds is 10. The molecule has 0 fully saturated rings. The molecule has 180 valence electrons. The molecule has 0 radical (unpaired) electrons. The molecule has 0 saturated heterocycles. The van der Waals surface area contributed by atoms with Gasteiger partial charge in [-0.2, -0.15) is 0 Å². The molecular formula is C22H25N5O6S. The van der Waals surface area contributed by atoms with Crippen molar-refractivity contribution in [1.29, 1.82) is 0 Å². The van der Waals surface area contributed by atoms with E-state index in [1.165, 1.54) is 11.9 Å². The highest BCUT2D eigenvalue weighted by molar-refractivity contribution is 7.97. The fourth-order valence-corrected chi connectivity index (χ4v) is 4.56. The second-order valence-corrected chi connectivity index (χ2v) is 8.49. The average Bonchev–Trinajstić information content (AvgIpc) is 2.97. The summed E-state index contributed by atoms with van der Waals surface area (Å²) in [6.07, 6.45) is -1.37. The van der Waals surface area contributed by atoms with Crippen LogP contribution >= 0.6 is 11.9 Å². The summed E-state index contributed by atoms with van der Waals surface area (Å²) in [5.41, 5.74) is 11.8. The zero-order chi connectivity index (χ0) is 24.7. The zero-order valence-corrected chi connectivity index (χ0v) is 18.9. The van der Waals surface area contributed by atoms with E-state index in [9.17, 15) is 24.3 Å². The smallest absolute Gasteiger partial charge is 0.326 e. The van der Waals surface area contributed by atoms with Gasteiger partial charge in [0.05, 0.1) is 13.0 Å². The number of primary amides is 2. The van der Waals surface area contributed by atoms with Gasteiger partial charge in [0.1, 0.15) is 24.9 Å². The Morgan fingerprint density at radius 1 is 1.09 bits per heavy atom. The number of fused-ring (bicyclic) bond motifs is 1. The summed E-state index contributed by atoms with van der Waals surface area (Å²) in [7, 11) is 0. The van der Waals surface area contributed by atoms with Gasteiger partial charge in [0.2, 0.25) is 17.7 Å². The van der Waals surface area contributed by atoms with Gasteiger partial charge < -0.3 is 31.9 Å². The van der Waals surface area contributed by atoms with Gasteiger partial charge in [0.15, 0.2) is 0 Å². The van der Waals surface area contributed by atoms with Gasteiger partial charge in [-0.1, -0.05) is 42.5 Å². The first-order chi connectivity index (χ1) is 16.3. The van der Waals surface area contributed by atoms with Crippen LogP contribution in [0.15, 0.2) is 59.5 Å². The Kier molecular flexibility index (Phi) is 8.46. The van der Waals surface area contributed by atoms with Crippen LogP contribution in [-0.4, -0.2) is 58.5 Å². The average molecular weight is 488 g/mol. The predicted octanol–water partition coefficient (Wildman–Crippen LogP) is 0.435. The topological polar surface area (TPSA) is 177 Å². The number of carboxylic acid groups (broad SMARTS) is 1. The molecule has 7 N–H and O–H groups in total. The van der Waals surface area contributed by atoms with E-state index in [1.807, 2.05) is 24.3 Å². The number of carbonyl (C=O) groups is 4. The second kappa shape index (κ2) is 11.5. The molecule has 11 nitrogen and oxygen atoms in total. The van der Waals surface area contributed by atoms with Gasteiger partial charge in [-0.05, 0) is 29.6 Å². The lowest BCUT2D eigenvalue weighted by Crippen LogP contribution is -2.50. The number of para-hydroxylation sites is 1. The van der Waals surface area contributed by atoms with Gasteiger partial charge >= 0.3 is 5.97 Å². The van der Waals surface area contributed by atoms with Crippen LogP contribution in [0.3, 0.4) is 0 Å². The van der Waals surface area contributed by atoms with Crippen molar-refractivity contribution in [1.82, 2.24) is 9.62 Å². The van der Waals surface area contributed by atoms with Crippen LogP contribution in [0, 0.1) is 0 Å². The summed E-state index contributed by atoms with van der Waals surface area (Å²) in [4.78, 5) is 48.7. The van der Waals surface area contributed by atoms with Crippen LogP contribution in [0.1, 0.15) is 18.0 Å². The Morgan fingerprint density at radius 3 is 2.41 bits per heavy atom. The number of aliphatic carboxylic acids is 1. The number of amides is 3. The molecule has 34 heavy (non-hydrogen) atoms. The molecule has 0 spiro atoms. The Labute approximate surface area is 199 Å². The van der Waals surface area contributed by atoms with Crippen molar-refractivity contribution >= 4 is 41.3 Å². The molecule has 0 aromatic heterocycles. The van der Waals surface area contributed by atoms with Gasteiger partial charge in [-0.25, -0.2) is 9.10 Å². The Morgan fingerprint density at radius 2 is 1.76 bits per heavy atom. The normalized spacial score (nSPS) is 17.4. The lowest BCUT2D eigenvalue weighted by molar-refractivity contribution is -0.144. The van der Waals surface area contributed by atoms with Crippen molar-refractivity contribution in [3.05, 3.63) is 60.2 Å². The van der Waals surface area contributed by atoms with Gasteiger partial charge in [0, 0.05) is 10.6 Å². The molecule has 3 atom stereocenters. The molecule has 12 heteroatoms. The van der Waals surface area contributed by atoms with Gasteiger partial charge in [-0.15, -0.1) is 0 Å². The maximum absolute atomic E-state index is 13.5. The maximum Gasteiger partial charge on any atom is 0.326 e. The van der Waals surface area contributed by atoms with E-state index in [0.717, 1.165) is 10.6 Å². The number of nitrogens with two attached hydrogens (primary N) is 2. The van der Waals surface area contributed by atoms with Crippen molar-refractivity contribution in [2.24, 2.45) is 11.5 Å². The van der Waals surface area contributed by atoms with Crippen molar-refractivity contribution in [2.75, 3.05) is 18.5 Å². The fraction of sp³-hybridized carbons (Fsp3) is 0.273. The summed E-state index contributed by atoms with van der Waals surface area (Å²) in [6, 6.07) is 13.5. The lowest BCUT2D eigenvalue weighted by Gasteiger charge is -2.35. The van der Waals surface area contributed by atoms with Crippen LogP contribution in [0.2, 0.25) is 0 Å². The number of hydrogen-bond donors (Lipinski definition) is 5. The summed E-state index contributed by atoms with van der Waals surface area (Å²) in [5, 5.41) is 15.1. The number of carbonyl (C=O) groups excluding carboxylic acids is 3. The monoisotopic (exact) mass is 487 g/mol. The molecule has 2 aromatic rings. The summed E-state index contributed by atoms with van der Waals surface area (Å²) >= 11 is 1.21. The third-order valence-electron chi connectivity index (χ3n) is 4.90. The van der Waals surface area contributed by atoms with E-state index in [0.29, 0.717) is 5.56 Å². The highest BCUT2D eigenvalue weighted by Gasteiger charge is 2.38.